The normalized spacial score (nSPS) is 12.2. The molecule has 3 aromatic rings. The molecule has 0 spiro atoms. The molecular formula is C23H24F4N2O4S2. The van der Waals surface area contributed by atoms with E-state index in [1.807, 2.05) is 12.1 Å². The van der Waals surface area contributed by atoms with Gasteiger partial charge in [-0.05, 0) is 55.0 Å². The number of halogens is 4. The Bertz CT molecular complexity index is 1310. The summed E-state index contributed by atoms with van der Waals surface area (Å²) in [6.07, 6.45) is -4.75. The molecule has 190 valence electrons. The van der Waals surface area contributed by atoms with E-state index in [1.54, 1.807) is 26.0 Å². The van der Waals surface area contributed by atoms with E-state index in [4.69, 9.17) is 4.74 Å². The van der Waals surface area contributed by atoms with Crippen LogP contribution in [0.2, 0.25) is 0 Å². The Morgan fingerprint density at radius 2 is 1.89 bits per heavy atom. The fourth-order valence-corrected chi connectivity index (χ4v) is 6.22. The summed E-state index contributed by atoms with van der Waals surface area (Å²) in [5, 5.41) is 1.13. The molecule has 1 N–H and O–H groups in total. The van der Waals surface area contributed by atoms with Crippen LogP contribution in [0.5, 0.6) is 0 Å². The van der Waals surface area contributed by atoms with E-state index in [-0.39, 0.29) is 31.6 Å². The molecule has 35 heavy (non-hydrogen) atoms. The third-order valence-electron chi connectivity index (χ3n) is 5.14. The topological polar surface area (TPSA) is 75.7 Å². The monoisotopic (exact) mass is 532 g/mol. The molecule has 0 bridgehead atoms. The number of nitrogens with zero attached hydrogens (tertiary/aromatic N) is 1. The molecule has 0 saturated carbocycles. The van der Waals surface area contributed by atoms with Crippen molar-refractivity contribution in [1.82, 2.24) is 4.72 Å². The van der Waals surface area contributed by atoms with Crippen molar-refractivity contribution >= 4 is 42.6 Å². The Kier molecular flexibility index (Phi) is 8.39. The Balaban J connectivity index is 1.95. The number of rotatable bonds is 10. The molecule has 1 heterocycles. The zero-order chi connectivity index (χ0) is 25.8. The number of carbonyl (C=O) groups is 1. The fourth-order valence-electron chi connectivity index (χ4n) is 3.46. The minimum atomic E-state index is -4.93. The SMILES string of the molecule is CCOC(=O)CCCNS(=O)(=O)N(Cc1ccc(F)c(C(F)(F)F)c1)c1sc2ccccc2c1C. The van der Waals surface area contributed by atoms with Crippen molar-refractivity contribution in [2.45, 2.75) is 39.4 Å². The molecule has 0 atom stereocenters. The van der Waals surface area contributed by atoms with Crippen LogP contribution in [0.15, 0.2) is 42.5 Å². The summed E-state index contributed by atoms with van der Waals surface area (Å²) in [6, 6.07) is 9.64. The van der Waals surface area contributed by atoms with Gasteiger partial charge in [-0.1, -0.05) is 24.3 Å². The lowest BCUT2D eigenvalue weighted by atomic mass is 10.1. The molecule has 0 aliphatic heterocycles. The standard InChI is InChI=1S/C23H24F4N2O4S2/c1-3-33-21(30)9-6-12-28-35(31,32)29(22-15(2)17-7-4-5-8-20(17)34-22)14-16-10-11-19(24)18(13-16)23(25,26)27/h4-5,7-8,10-11,13,28H,3,6,9,12,14H2,1-2H3. The van der Waals surface area contributed by atoms with Gasteiger partial charge in [0, 0.05) is 17.7 Å². The number of hydrogen-bond donors (Lipinski definition) is 1. The van der Waals surface area contributed by atoms with Crippen LogP contribution < -0.4 is 9.03 Å². The summed E-state index contributed by atoms with van der Waals surface area (Å²) in [6.45, 7) is 3.05. The summed E-state index contributed by atoms with van der Waals surface area (Å²) in [4.78, 5) is 11.5. The Hall–Kier alpha value is -2.70. The van der Waals surface area contributed by atoms with Crippen molar-refractivity contribution in [3.05, 3.63) is 65.0 Å². The van der Waals surface area contributed by atoms with Gasteiger partial charge in [-0.3, -0.25) is 4.79 Å². The van der Waals surface area contributed by atoms with Gasteiger partial charge in [-0.15, -0.1) is 11.3 Å². The van der Waals surface area contributed by atoms with Crippen LogP contribution in [0.1, 0.15) is 36.5 Å². The van der Waals surface area contributed by atoms with Gasteiger partial charge in [-0.25, -0.2) is 8.70 Å². The third-order valence-corrected chi connectivity index (χ3v) is 8.02. The zero-order valence-corrected chi connectivity index (χ0v) is 20.6. The van der Waals surface area contributed by atoms with Gasteiger partial charge in [0.15, 0.2) is 0 Å². The van der Waals surface area contributed by atoms with Crippen molar-refractivity contribution in [3.63, 3.8) is 0 Å². The fraction of sp³-hybridized carbons (Fsp3) is 0.348. The summed E-state index contributed by atoms with van der Waals surface area (Å²) in [5.41, 5.74) is -0.865. The number of alkyl halides is 3. The van der Waals surface area contributed by atoms with Crippen molar-refractivity contribution in [2.24, 2.45) is 0 Å². The highest BCUT2D eigenvalue weighted by Gasteiger charge is 2.35. The van der Waals surface area contributed by atoms with Gasteiger partial charge in [0.25, 0.3) is 0 Å². The van der Waals surface area contributed by atoms with E-state index in [0.717, 1.165) is 20.5 Å². The highest BCUT2D eigenvalue weighted by Crippen LogP contribution is 2.40. The number of aryl methyl sites for hydroxylation is 1. The third kappa shape index (κ3) is 6.50. The first-order valence-corrected chi connectivity index (χ1v) is 13.0. The maximum Gasteiger partial charge on any atom is 0.419 e. The first kappa shape index (κ1) is 26.9. The number of anilines is 1. The Labute approximate surface area is 204 Å². The zero-order valence-electron chi connectivity index (χ0n) is 19.0. The number of benzene rings is 2. The van der Waals surface area contributed by atoms with Gasteiger partial charge in [0.05, 0.1) is 18.7 Å². The predicted molar refractivity (Wildman–Crippen MR) is 127 cm³/mol. The largest absolute Gasteiger partial charge is 0.466 e. The number of hydrogen-bond acceptors (Lipinski definition) is 5. The minimum absolute atomic E-state index is 0.00514. The van der Waals surface area contributed by atoms with Crippen molar-refractivity contribution < 1.29 is 35.5 Å². The second-order valence-electron chi connectivity index (χ2n) is 7.65. The summed E-state index contributed by atoms with van der Waals surface area (Å²) in [7, 11) is -4.25. The van der Waals surface area contributed by atoms with Crippen LogP contribution in [-0.2, 0) is 32.5 Å². The molecule has 0 unspecified atom stereocenters. The minimum Gasteiger partial charge on any atom is -0.466 e. The van der Waals surface area contributed by atoms with Gasteiger partial charge < -0.3 is 4.74 Å². The molecule has 3 rings (SSSR count). The molecule has 0 fully saturated rings. The lowest BCUT2D eigenvalue weighted by Crippen LogP contribution is -2.41. The van der Waals surface area contributed by atoms with Gasteiger partial charge in [0.1, 0.15) is 10.8 Å². The Morgan fingerprint density at radius 3 is 2.54 bits per heavy atom. The molecule has 2 aromatic carbocycles. The molecular weight excluding hydrogens is 508 g/mol. The van der Waals surface area contributed by atoms with Crippen LogP contribution in [0, 0.1) is 12.7 Å². The molecule has 12 heteroatoms. The summed E-state index contributed by atoms with van der Waals surface area (Å²) in [5.74, 6) is -1.90. The number of thiophene rings is 1. The lowest BCUT2D eigenvalue weighted by Gasteiger charge is -2.24. The van der Waals surface area contributed by atoms with E-state index < -0.39 is 40.3 Å². The van der Waals surface area contributed by atoms with Crippen molar-refractivity contribution in [2.75, 3.05) is 17.5 Å². The number of nitrogens with one attached hydrogen (secondary N) is 1. The van der Waals surface area contributed by atoms with Crippen LogP contribution in [-0.4, -0.2) is 27.5 Å². The van der Waals surface area contributed by atoms with E-state index >= 15 is 0 Å². The average Bonchev–Trinajstić information content (AvgIpc) is 3.11. The van der Waals surface area contributed by atoms with E-state index in [0.29, 0.717) is 22.7 Å². The number of ether oxygens (including phenoxy) is 1. The molecule has 1 aromatic heterocycles. The summed E-state index contributed by atoms with van der Waals surface area (Å²) < 4.78 is 89.1. The number of fused-ring (bicyclic) bond motifs is 1. The molecule has 0 saturated heterocycles. The first-order valence-electron chi connectivity index (χ1n) is 10.7. The van der Waals surface area contributed by atoms with Gasteiger partial charge in [-0.2, -0.15) is 26.3 Å². The molecule has 0 aliphatic rings. The lowest BCUT2D eigenvalue weighted by molar-refractivity contribution is -0.143. The van der Waals surface area contributed by atoms with Crippen LogP contribution in [0.4, 0.5) is 22.6 Å². The van der Waals surface area contributed by atoms with Crippen molar-refractivity contribution in [1.29, 1.82) is 0 Å². The van der Waals surface area contributed by atoms with E-state index in [1.165, 1.54) is 11.3 Å². The average molecular weight is 533 g/mol. The van der Waals surface area contributed by atoms with Gasteiger partial charge >= 0.3 is 22.4 Å². The highest BCUT2D eigenvalue weighted by atomic mass is 32.2. The molecule has 0 radical (unpaired) electrons. The maximum atomic E-state index is 13.8. The smallest absolute Gasteiger partial charge is 0.419 e. The molecule has 0 aliphatic carbocycles. The van der Waals surface area contributed by atoms with Crippen LogP contribution in [0.25, 0.3) is 10.1 Å². The number of esters is 1. The van der Waals surface area contributed by atoms with E-state index in [9.17, 15) is 30.8 Å². The predicted octanol–water partition coefficient (Wildman–Crippen LogP) is 5.55. The second kappa shape index (κ2) is 10.9. The molecule has 0 amide bonds. The molecule has 6 nitrogen and oxygen atoms in total. The Morgan fingerprint density at radius 1 is 1.17 bits per heavy atom. The van der Waals surface area contributed by atoms with Crippen LogP contribution >= 0.6 is 11.3 Å². The quantitative estimate of drug-likeness (QED) is 0.211. The summed E-state index contributed by atoms with van der Waals surface area (Å²) >= 11 is 1.18. The van der Waals surface area contributed by atoms with Crippen LogP contribution in [0.3, 0.4) is 0 Å². The highest BCUT2D eigenvalue weighted by molar-refractivity contribution is 7.91. The maximum absolute atomic E-state index is 13.8. The van der Waals surface area contributed by atoms with Crippen molar-refractivity contribution in [3.8, 4) is 0 Å². The second-order valence-corrected chi connectivity index (χ2v) is 10.4. The first-order chi connectivity index (χ1) is 16.4. The number of carbonyl (C=O) groups excluding carboxylic acids is 1. The van der Waals surface area contributed by atoms with E-state index in [2.05, 4.69) is 4.72 Å². The van der Waals surface area contributed by atoms with Gasteiger partial charge in [0.2, 0.25) is 0 Å².